The van der Waals surface area contributed by atoms with E-state index in [0.29, 0.717) is 36.8 Å². The fourth-order valence-electron chi connectivity index (χ4n) is 3.16. The Kier molecular flexibility index (Phi) is 4.34. The van der Waals surface area contributed by atoms with Crippen LogP contribution in [0, 0.1) is 11.3 Å². The summed E-state index contributed by atoms with van der Waals surface area (Å²) in [6.07, 6.45) is 4.94. The zero-order valence-electron chi connectivity index (χ0n) is 14.8. The van der Waals surface area contributed by atoms with Gasteiger partial charge in [0.2, 0.25) is 5.88 Å². The zero-order valence-corrected chi connectivity index (χ0v) is 14.8. The van der Waals surface area contributed by atoms with Crippen LogP contribution in [0.3, 0.4) is 0 Å². The van der Waals surface area contributed by atoms with Gasteiger partial charge >= 0.3 is 0 Å². The van der Waals surface area contributed by atoms with Gasteiger partial charge in [0.15, 0.2) is 0 Å². The van der Waals surface area contributed by atoms with Gasteiger partial charge in [-0.2, -0.15) is 10.4 Å². The van der Waals surface area contributed by atoms with E-state index in [4.69, 9.17) is 10.00 Å². The molecule has 0 saturated heterocycles. The van der Waals surface area contributed by atoms with Gasteiger partial charge in [-0.1, -0.05) is 0 Å². The molecule has 0 saturated carbocycles. The molecule has 8 heteroatoms. The van der Waals surface area contributed by atoms with Gasteiger partial charge in [-0.3, -0.25) is 9.48 Å². The second-order valence-electron chi connectivity index (χ2n) is 6.45. The molecular weight excluding hydrogens is 344 g/mol. The molecule has 0 radical (unpaired) electrons. The molecule has 1 aliphatic rings. The van der Waals surface area contributed by atoms with E-state index in [2.05, 4.69) is 14.6 Å². The van der Waals surface area contributed by atoms with Gasteiger partial charge < -0.3 is 14.2 Å². The van der Waals surface area contributed by atoms with Crippen molar-refractivity contribution < 1.29 is 9.53 Å². The number of nitriles is 1. The largest absolute Gasteiger partial charge is 0.471 e. The van der Waals surface area contributed by atoms with Crippen LogP contribution < -0.4 is 4.74 Å². The average Bonchev–Trinajstić information content (AvgIpc) is 3.26. The fourth-order valence-corrected chi connectivity index (χ4v) is 3.16. The van der Waals surface area contributed by atoms with Crippen LogP contribution in [0.5, 0.6) is 5.88 Å². The van der Waals surface area contributed by atoms with Crippen LogP contribution in [0.15, 0.2) is 48.9 Å². The number of rotatable bonds is 3. The molecule has 1 aliphatic heterocycles. The summed E-state index contributed by atoms with van der Waals surface area (Å²) >= 11 is 0. The lowest BCUT2D eigenvalue weighted by atomic mass is 10.2. The van der Waals surface area contributed by atoms with Crippen LogP contribution in [0.4, 0.5) is 0 Å². The smallest absolute Gasteiger partial charge is 0.274 e. The average molecular weight is 362 g/mol. The first kappa shape index (κ1) is 16.8. The summed E-state index contributed by atoms with van der Waals surface area (Å²) in [4.78, 5) is 18.8. The highest BCUT2D eigenvalue weighted by molar-refractivity contribution is 5.92. The molecule has 136 valence electrons. The van der Waals surface area contributed by atoms with E-state index in [-0.39, 0.29) is 12.0 Å². The predicted octanol–water partition coefficient (Wildman–Crippen LogP) is 1.59. The molecule has 4 rings (SSSR count). The van der Waals surface area contributed by atoms with Crippen molar-refractivity contribution in [1.82, 2.24) is 24.2 Å². The third-order valence-electron chi connectivity index (χ3n) is 4.47. The summed E-state index contributed by atoms with van der Waals surface area (Å²) in [6, 6.07) is 11.0. The van der Waals surface area contributed by atoms with Gasteiger partial charge in [0.05, 0.1) is 25.2 Å². The van der Waals surface area contributed by atoms with Gasteiger partial charge in [-0.25, -0.2) is 4.98 Å². The number of fused-ring (bicyclic) bond motifs is 1. The molecule has 3 aromatic heterocycles. The number of hydrogen-bond donors (Lipinski definition) is 0. The summed E-state index contributed by atoms with van der Waals surface area (Å²) in [5.74, 6) is 0.298. The maximum Gasteiger partial charge on any atom is 0.274 e. The van der Waals surface area contributed by atoms with E-state index in [1.54, 1.807) is 41.0 Å². The first-order valence-corrected chi connectivity index (χ1v) is 8.58. The number of nitrogens with zero attached hydrogens (tertiary/aromatic N) is 6. The van der Waals surface area contributed by atoms with Crippen molar-refractivity contribution in [1.29, 1.82) is 5.26 Å². The van der Waals surface area contributed by atoms with Crippen molar-refractivity contribution in [2.24, 2.45) is 7.05 Å². The van der Waals surface area contributed by atoms with Crippen LogP contribution >= 0.6 is 0 Å². The zero-order chi connectivity index (χ0) is 18.8. The van der Waals surface area contributed by atoms with Crippen molar-refractivity contribution in [2.75, 3.05) is 6.54 Å². The van der Waals surface area contributed by atoms with Crippen LogP contribution in [0.25, 0.3) is 0 Å². The molecule has 0 spiro atoms. The molecule has 0 N–H and O–H groups in total. The first-order chi connectivity index (χ1) is 13.1. The molecule has 0 aromatic carbocycles. The Balaban J connectivity index is 1.58. The number of carbonyl (C=O) groups is 1. The van der Waals surface area contributed by atoms with Crippen molar-refractivity contribution in [3.8, 4) is 11.9 Å². The number of hydrogen-bond acceptors (Lipinski definition) is 5. The van der Waals surface area contributed by atoms with Crippen LogP contribution in [0.1, 0.15) is 21.7 Å². The monoisotopic (exact) mass is 362 g/mol. The van der Waals surface area contributed by atoms with E-state index >= 15 is 0 Å². The molecule has 8 nitrogen and oxygen atoms in total. The van der Waals surface area contributed by atoms with E-state index in [0.717, 1.165) is 5.69 Å². The van der Waals surface area contributed by atoms with Gasteiger partial charge in [-0.05, 0) is 24.3 Å². The Morgan fingerprint density at radius 1 is 1.26 bits per heavy atom. The lowest BCUT2D eigenvalue weighted by Crippen LogP contribution is -2.39. The maximum atomic E-state index is 12.9. The van der Waals surface area contributed by atoms with E-state index in [1.807, 2.05) is 24.4 Å². The van der Waals surface area contributed by atoms with Gasteiger partial charge in [0, 0.05) is 37.4 Å². The van der Waals surface area contributed by atoms with Gasteiger partial charge in [-0.15, -0.1) is 0 Å². The highest BCUT2D eigenvalue weighted by atomic mass is 16.5. The third kappa shape index (κ3) is 3.53. The molecule has 0 fully saturated rings. The molecule has 3 aromatic rings. The summed E-state index contributed by atoms with van der Waals surface area (Å²) in [6.45, 7) is 1.51. The lowest BCUT2D eigenvalue weighted by Gasteiger charge is -2.24. The first-order valence-electron chi connectivity index (χ1n) is 8.58. The fraction of sp³-hybridized carbons (Fsp3) is 0.263. The maximum absolute atomic E-state index is 12.9. The number of aromatic nitrogens is 4. The van der Waals surface area contributed by atoms with Gasteiger partial charge in [0.25, 0.3) is 5.91 Å². The Bertz CT molecular complexity index is 998. The van der Waals surface area contributed by atoms with Crippen LogP contribution in [0.2, 0.25) is 0 Å². The minimum atomic E-state index is -0.272. The molecule has 0 aliphatic carbocycles. The van der Waals surface area contributed by atoms with E-state index < -0.39 is 0 Å². The highest BCUT2D eigenvalue weighted by Crippen LogP contribution is 2.19. The summed E-state index contributed by atoms with van der Waals surface area (Å²) in [5, 5.41) is 13.1. The third-order valence-corrected chi connectivity index (χ3v) is 4.47. The van der Waals surface area contributed by atoms with Crippen molar-refractivity contribution in [3.05, 3.63) is 65.9 Å². The number of ether oxygens (including phenoxy) is 1. The van der Waals surface area contributed by atoms with Crippen LogP contribution in [-0.2, 0) is 20.1 Å². The lowest BCUT2D eigenvalue weighted by molar-refractivity contribution is 0.0640. The Morgan fingerprint density at radius 2 is 2.15 bits per heavy atom. The summed E-state index contributed by atoms with van der Waals surface area (Å²) in [7, 11) is 1.78. The summed E-state index contributed by atoms with van der Waals surface area (Å²) in [5.41, 5.74) is 1.92. The summed E-state index contributed by atoms with van der Waals surface area (Å²) < 4.78 is 9.72. The number of carbonyl (C=O) groups excluding carboxylic acids is 1. The van der Waals surface area contributed by atoms with E-state index in [1.165, 1.54) is 6.20 Å². The van der Waals surface area contributed by atoms with Crippen molar-refractivity contribution in [2.45, 2.75) is 19.2 Å². The Morgan fingerprint density at radius 3 is 2.85 bits per heavy atom. The van der Waals surface area contributed by atoms with E-state index in [9.17, 15) is 4.79 Å². The highest BCUT2D eigenvalue weighted by Gasteiger charge is 2.28. The Labute approximate surface area is 156 Å². The molecule has 27 heavy (non-hydrogen) atoms. The molecule has 0 bridgehead atoms. The molecule has 4 heterocycles. The minimum absolute atomic E-state index is 0.133. The predicted molar refractivity (Wildman–Crippen MR) is 95.7 cm³/mol. The number of pyridine rings is 1. The Hall–Kier alpha value is -3.60. The quantitative estimate of drug-likeness (QED) is 0.706. The topological polar surface area (TPSA) is 89.0 Å². The minimum Gasteiger partial charge on any atom is -0.471 e. The van der Waals surface area contributed by atoms with Crippen LogP contribution in [-0.4, -0.2) is 42.8 Å². The molecule has 0 unspecified atom stereocenters. The van der Waals surface area contributed by atoms with Crippen molar-refractivity contribution >= 4 is 5.91 Å². The molecule has 1 atom stereocenters. The second kappa shape index (κ2) is 6.96. The molecular formula is C19H18N6O2. The normalized spacial score (nSPS) is 16.3. The second-order valence-corrected chi connectivity index (χ2v) is 6.45. The standard InChI is InChI=1S/C19H18N6O2/c1-23-8-6-17(22-23)19(26)25-11-15-3-2-7-24(15)12-16(13-25)27-18-5-4-14(9-20)10-21-18/h2-8,10,16H,11-13H2,1H3/t16-/m1/s1. The number of aryl methyl sites for hydroxylation is 1. The number of amides is 1. The SMILES string of the molecule is Cn1ccc(C(=O)N2Cc3cccn3C[C@@H](Oc3ccc(C#N)cn3)C2)n1. The molecule has 1 amide bonds. The van der Waals surface area contributed by atoms with Gasteiger partial charge in [0.1, 0.15) is 17.9 Å². The van der Waals surface area contributed by atoms with Crippen molar-refractivity contribution in [3.63, 3.8) is 0 Å².